The lowest BCUT2D eigenvalue weighted by molar-refractivity contribution is 0.822. The summed E-state index contributed by atoms with van der Waals surface area (Å²) in [7, 11) is 1.98. The molecule has 0 unspecified atom stereocenters. The van der Waals surface area contributed by atoms with Crippen LogP contribution in [0.1, 0.15) is 11.1 Å². The number of benzene rings is 1. The summed E-state index contributed by atoms with van der Waals surface area (Å²) in [5.41, 5.74) is 5.38. The molecule has 0 aliphatic rings. The van der Waals surface area contributed by atoms with Crippen LogP contribution in [-0.2, 0) is 6.54 Å². The van der Waals surface area contributed by atoms with E-state index in [-0.39, 0.29) is 0 Å². The molecule has 2 heteroatoms. The van der Waals surface area contributed by atoms with E-state index >= 15 is 0 Å². The molecule has 2 aromatic rings. The van der Waals surface area contributed by atoms with Gasteiger partial charge >= 0.3 is 0 Å². The van der Waals surface area contributed by atoms with Crippen molar-refractivity contribution in [2.45, 2.75) is 13.5 Å². The van der Waals surface area contributed by atoms with Gasteiger partial charge in [-0.3, -0.25) is 0 Å². The molecule has 1 aromatic heterocycles. The molecule has 1 nitrogen and oxygen atoms in total. The van der Waals surface area contributed by atoms with Crippen LogP contribution in [-0.4, -0.2) is 7.05 Å². The Hall–Kier alpha value is -1.12. The van der Waals surface area contributed by atoms with Crippen molar-refractivity contribution < 1.29 is 0 Å². The summed E-state index contributed by atoms with van der Waals surface area (Å²) in [5, 5.41) is 7.64. The van der Waals surface area contributed by atoms with Gasteiger partial charge < -0.3 is 5.32 Å². The smallest absolute Gasteiger partial charge is 0.0216 e. The molecule has 2 rings (SSSR count). The summed E-state index contributed by atoms with van der Waals surface area (Å²) < 4.78 is 0. The molecule has 78 valence electrons. The van der Waals surface area contributed by atoms with E-state index < -0.39 is 0 Å². The largest absolute Gasteiger partial charge is 0.316 e. The van der Waals surface area contributed by atoms with Crippen LogP contribution in [0.4, 0.5) is 0 Å². The Labute approximate surface area is 94.8 Å². The van der Waals surface area contributed by atoms with Crippen molar-refractivity contribution in [1.82, 2.24) is 5.32 Å². The first-order chi connectivity index (χ1) is 7.31. The molecule has 0 atom stereocenters. The van der Waals surface area contributed by atoms with E-state index in [4.69, 9.17) is 0 Å². The van der Waals surface area contributed by atoms with Crippen molar-refractivity contribution in [3.05, 3.63) is 46.2 Å². The zero-order chi connectivity index (χ0) is 10.7. The second-order valence-corrected chi connectivity index (χ2v) is 4.45. The van der Waals surface area contributed by atoms with E-state index in [0.717, 1.165) is 6.54 Å². The van der Waals surface area contributed by atoms with Gasteiger partial charge in [0.2, 0.25) is 0 Å². The Morgan fingerprint density at radius 2 is 2.13 bits per heavy atom. The van der Waals surface area contributed by atoms with E-state index in [1.54, 1.807) is 11.3 Å². The molecule has 0 fully saturated rings. The number of hydrogen-bond acceptors (Lipinski definition) is 2. The van der Waals surface area contributed by atoms with E-state index in [2.05, 4.69) is 47.3 Å². The Bertz CT molecular complexity index is 445. The Kier molecular flexibility index (Phi) is 3.19. The van der Waals surface area contributed by atoms with Crippen LogP contribution >= 0.6 is 11.3 Å². The van der Waals surface area contributed by atoms with Crippen LogP contribution in [0, 0.1) is 6.92 Å². The fraction of sp³-hybridized carbons (Fsp3) is 0.231. The molecule has 0 saturated carbocycles. The lowest BCUT2D eigenvalue weighted by Gasteiger charge is -2.04. The van der Waals surface area contributed by atoms with Crippen LogP contribution in [0.25, 0.3) is 11.1 Å². The van der Waals surface area contributed by atoms with Gasteiger partial charge in [-0.1, -0.05) is 29.8 Å². The van der Waals surface area contributed by atoms with Crippen LogP contribution in [0.15, 0.2) is 35.0 Å². The van der Waals surface area contributed by atoms with Crippen LogP contribution in [0.3, 0.4) is 0 Å². The second-order valence-electron chi connectivity index (χ2n) is 3.71. The molecule has 0 amide bonds. The summed E-state index contributed by atoms with van der Waals surface area (Å²) in [6.07, 6.45) is 0. The third-order valence-electron chi connectivity index (χ3n) is 2.44. The molecular formula is C13H15NS. The van der Waals surface area contributed by atoms with E-state index in [1.807, 2.05) is 7.05 Å². The zero-order valence-electron chi connectivity index (χ0n) is 9.08. The minimum Gasteiger partial charge on any atom is -0.316 e. The number of hydrogen-bond donors (Lipinski definition) is 1. The fourth-order valence-electron chi connectivity index (χ4n) is 1.72. The maximum absolute atomic E-state index is 3.20. The standard InChI is InChI=1S/C13H15NS/c1-10-4-3-5-11(6-10)13-9-15-8-12(13)7-14-2/h3-6,8-9,14H,7H2,1-2H3. The average Bonchev–Trinajstić information content (AvgIpc) is 2.66. The third kappa shape index (κ3) is 2.28. The number of aryl methyl sites for hydroxylation is 1. The Balaban J connectivity index is 2.40. The summed E-state index contributed by atoms with van der Waals surface area (Å²) >= 11 is 1.77. The minimum absolute atomic E-state index is 0.937. The number of nitrogens with one attached hydrogen (secondary N) is 1. The normalized spacial score (nSPS) is 10.5. The van der Waals surface area contributed by atoms with Gasteiger partial charge in [-0.05, 0) is 41.4 Å². The summed E-state index contributed by atoms with van der Waals surface area (Å²) in [6, 6.07) is 8.66. The summed E-state index contributed by atoms with van der Waals surface area (Å²) in [5.74, 6) is 0. The van der Waals surface area contributed by atoms with Crippen molar-refractivity contribution in [1.29, 1.82) is 0 Å². The highest BCUT2D eigenvalue weighted by molar-refractivity contribution is 7.08. The SMILES string of the molecule is CNCc1cscc1-c1cccc(C)c1. The number of thiophene rings is 1. The van der Waals surface area contributed by atoms with Crippen molar-refractivity contribution >= 4 is 11.3 Å². The topological polar surface area (TPSA) is 12.0 Å². The maximum atomic E-state index is 3.20. The maximum Gasteiger partial charge on any atom is 0.0216 e. The van der Waals surface area contributed by atoms with Gasteiger partial charge in [-0.25, -0.2) is 0 Å². The highest BCUT2D eigenvalue weighted by atomic mass is 32.1. The number of rotatable bonds is 3. The lowest BCUT2D eigenvalue weighted by atomic mass is 10.0. The van der Waals surface area contributed by atoms with E-state index in [1.165, 1.54) is 22.3 Å². The van der Waals surface area contributed by atoms with Gasteiger partial charge in [0, 0.05) is 6.54 Å². The van der Waals surface area contributed by atoms with Gasteiger partial charge in [0.15, 0.2) is 0 Å². The highest BCUT2D eigenvalue weighted by Gasteiger charge is 2.05. The predicted octanol–water partition coefficient (Wildman–Crippen LogP) is 3.44. The molecule has 1 heterocycles. The zero-order valence-corrected chi connectivity index (χ0v) is 9.90. The average molecular weight is 217 g/mol. The molecular weight excluding hydrogens is 202 g/mol. The molecule has 0 spiro atoms. The first-order valence-corrected chi connectivity index (χ1v) is 6.02. The molecule has 1 aromatic carbocycles. The van der Waals surface area contributed by atoms with Gasteiger partial charge in [-0.2, -0.15) is 11.3 Å². The minimum atomic E-state index is 0.937. The molecule has 1 N–H and O–H groups in total. The van der Waals surface area contributed by atoms with Crippen molar-refractivity contribution in [3.8, 4) is 11.1 Å². The molecule has 0 radical (unpaired) electrons. The van der Waals surface area contributed by atoms with Crippen molar-refractivity contribution in [2.75, 3.05) is 7.05 Å². The van der Waals surface area contributed by atoms with E-state index in [9.17, 15) is 0 Å². The van der Waals surface area contributed by atoms with Gasteiger partial charge in [0.05, 0.1) is 0 Å². The second kappa shape index (κ2) is 4.60. The first-order valence-electron chi connectivity index (χ1n) is 5.08. The molecule has 0 bridgehead atoms. The molecule has 0 aliphatic carbocycles. The quantitative estimate of drug-likeness (QED) is 0.830. The molecule has 0 aliphatic heterocycles. The van der Waals surface area contributed by atoms with E-state index in [0.29, 0.717) is 0 Å². The predicted molar refractivity (Wildman–Crippen MR) is 67.3 cm³/mol. The Morgan fingerprint density at radius 3 is 2.87 bits per heavy atom. The fourth-order valence-corrected chi connectivity index (χ4v) is 2.58. The van der Waals surface area contributed by atoms with Gasteiger partial charge in [-0.15, -0.1) is 0 Å². The van der Waals surface area contributed by atoms with Crippen molar-refractivity contribution in [2.24, 2.45) is 0 Å². The molecule has 0 saturated heterocycles. The van der Waals surface area contributed by atoms with Gasteiger partial charge in [0.25, 0.3) is 0 Å². The van der Waals surface area contributed by atoms with Crippen LogP contribution in [0.2, 0.25) is 0 Å². The van der Waals surface area contributed by atoms with Gasteiger partial charge in [0.1, 0.15) is 0 Å². The molecule has 15 heavy (non-hydrogen) atoms. The van der Waals surface area contributed by atoms with Crippen molar-refractivity contribution in [3.63, 3.8) is 0 Å². The third-order valence-corrected chi connectivity index (χ3v) is 3.23. The summed E-state index contributed by atoms with van der Waals surface area (Å²) in [4.78, 5) is 0. The monoisotopic (exact) mass is 217 g/mol. The Morgan fingerprint density at radius 1 is 1.27 bits per heavy atom. The first kappa shape index (κ1) is 10.4. The van der Waals surface area contributed by atoms with Crippen LogP contribution in [0.5, 0.6) is 0 Å². The van der Waals surface area contributed by atoms with Crippen LogP contribution < -0.4 is 5.32 Å². The highest BCUT2D eigenvalue weighted by Crippen LogP contribution is 2.27. The lowest BCUT2D eigenvalue weighted by Crippen LogP contribution is -2.04. The summed E-state index contributed by atoms with van der Waals surface area (Å²) in [6.45, 7) is 3.07.